The van der Waals surface area contributed by atoms with Gasteiger partial charge in [-0.25, -0.2) is 0 Å². The van der Waals surface area contributed by atoms with Crippen LogP contribution in [0.5, 0.6) is 0 Å². The largest absolute Gasteiger partial charge is 0.481 e. The maximum Gasteiger partial charge on any atom is 0.308 e. The van der Waals surface area contributed by atoms with Crippen LogP contribution in [0.3, 0.4) is 0 Å². The number of hydrogen-bond donors (Lipinski definition) is 1. The molecule has 1 saturated heterocycles. The van der Waals surface area contributed by atoms with Gasteiger partial charge in [-0.05, 0) is 50.2 Å². The summed E-state index contributed by atoms with van der Waals surface area (Å²) in [4.78, 5) is 29.6. The van der Waals surface area contributed by atoms with Crippen LogP contribution in [0, 0.1) is 5.92 Å². The highest BCUT2D eigenvalue weighted by Gasteiger charge is 2.33. The van der Waals surface area contributed by atoms with E-state index in [0.717, 1.165) is 6.42 Å². The summed E-state index contributed by atoms with van der Waals surface area (Å²) in [6.45, 7) is 2.25. The Labute approximate surface area is 124 Å². The molecule has 112 valence electrons. The van der Waals surface area contributed by atoms with E-state index in [4.69, 9.17) is 5.11 Å². The number of piperidine rings is 1. The molecule has 3 rings (SSSR count). The predicted octanol–water partition coefficient (Wildman–Crippen LogP) is 2.28. The molecule has 0 spiro atoms. The van der Waals surface area contributed by atoms with Crippen LogP contribution in [0.2, 0.25) is 0 Å². The van der Waals surface area contributed by atoms with Crippen LogP contribution in [0.4, 0.5) is 0 Å². The Hall–Kier alpha value is -1.91. The lowest BCUT2D eigenvalue weighted by molar-refractivity contribution is -0.143. The van der Waals surface area contributed by atoms with Crippen molar-refractivity contribution in [3.63, 3.8) is 0 Å². The summed E-state index contributed by atoms with van der Waals surface area (Å²) in [5.74, 6) is -0.824. The number of carboxylic acids is 1. The molecule has 21 heavy (non-hydrogen) atoms. The lowest BCUT2D eigenvalue weighted by Gasteiger charge is -2.36. The minimum atomic E-state index is -0.822. The Kier molecular flexibility index (Phi) is 3.66. The quantitative estimate of drug-likeness (QED) is 0.926. The van der Waals surface area contributed by atoms with Crippen LogP contribution >= 0.6 is 0 Å². The summed E-state index contributed by atoms with van der Waals surface area (Å²) in [7, 11) is 0. The maximum atomic E-state index is 12.5. The van der Waals surface area contributed by atoms with Gasteiger partial charge < -0.3 is 10.0 Å². The Bertz CT molecular complexity index is 551. The summed E-state index contributed by atoms with van der Waals surface area (Å²) in [6, 6.07) is 3.81. The van der Waals surface area contributed by atoms with Crippen molar-refractivity contribution in [3.8, 4) is 0 Å². The van der Waals surface area contributed by atoms with E-state index in [9.17, 15) is 9.59 Å². The summed E-state index contributed by atoms with van der Waals surface area (Å²) in [6.07, 6.45) is 5.56. The molecule has 1 N–H and O–H groups in total. The number of carboxylic acid groups (broad SMARTS) is 1. The summed E-state index contributed by atoms with van der Waals surface area (Å²) in [5.41, 5.74) is 1.61. The van der Waals surface area contributed by atoms with E-state index < -0.39 is 11.9 Å². The van der Waals surface area contributed by atoms with Crippen molar-refractivity contribution < 1.29 is 14.7 Å². The number of hydrogen-bond acceptors (Lipinski definition) is 3. The highest BCUT2D eigenvalue weighted by Crippen LogP contribution is 2.39. The number of rotatable bonds is 3. The second-order valence-corrected chi connectivity index (χ2v) is 6.17. The second kappa shape index (κ2) is 5.47. The van der Waals surface area contributed by atoms with Gasteiger partial charge in [0.05, 0.1) is 5.92 Å². The first-order valence-corrected chi connectivity index (χ1v) is 7.56. The average Bonchev–Trinajstić information content (AvgIpc) is 3.31. The van der Waals surface area contributed by atoms with Gasteiger partial charge in [-0.3, -0.25) is 14.6 Å². The zero-order valence-electron chi connectivity index (χ0n) is 12.2. The standard InChI is InChI=1S/C16H20N2O3/c1-10-2-3-13(16(20)21)9-18(10)15(19)14-7-6-12(8-17-14)11-4-5-11/h6-8,10-11,13H,2-5,9H2,1H3,(H,20,21). The third kappa shape index (κ3) is 2.91. The van der Waals surface area contributed by atoms with Crippen LogP contribution in [0.25, 0.3) is 0 Å². The Morgan fingerprint density at radius 2 is 2.00 bits per heavy atom. The number of amides is 1. The number of aromatic nitrogens is 1. The first-order valence-electron chi connectivity index (χ1n) is 7.56. The Morgan fingerprint density at radius 3 is 2.57 bits per heavy atom. The smallest absolute Gasteiger partial charge is 0.308 e. The fraction of sp³-hybridized carbons (Fsp3) is 0.562. The molecular formula is C16H20N2O3. The molecule has 2 unspecified atom stereocenters. The van der Waals surface area contributed by atoms with E-state index in [-0.39, 0.29) is 18.5 Å². The topological polar surface area (TPSA) is 70.5 Å². The molecule has 5 nitrogen and oxygen atoms in total. The molecule has 1 aromatic heterocycles. The molecule has 0 radical (unpaired) electrons. The maximum absolute atomic E-state index is 12.5. The fourth-order valence-corrected chi connectivity index (χ4v) is 2.93. The number of likely N-dealkylation sites (tertiary alicyclic amines) is 1. The predicted molar refractivity (Wildman–Crippen MR) is 77.1 cm³/mol. The van der Waals surface area contributed by atoms with Crippen molar-refractivity contribution in [1.82, 2.24) is 9.88 Å². The monoisotopic (exact) mass is 288 g/mol. The van der Waals surface area contributed by atoms with Gasteiger partial charge in [-0.1, -0.05) is 6.07 Å². The number of aliphatic carboxylic acids is 1. The molecule has 2 aliphatic rings. The van der Waals surface area contributed by atoms with Gasteiger partial charge >= 0.3 is 5.97 Å². The highest BCUT2D eigenvalue weighted by atomic mass is 16.4. The van der Waals surface area contributed by atoms with Crippen LogP contribution in [0.15, 0.2) is 18.3 Å². The van der Waals surface area contributed by atoms with Gasteiger partial charge in [0.1, 0.15) is 5.69 Å². The van der Waals surface area contributed by atoms with Crippen LogP contribution in [-0.4, -0.2) is 39.5 Å². The van der Waals surface area contributed by atoms with Crippen molar-refractivity contribution in [2.75, 3.05) is 6.54 Å². The third-order valence-corrected chi connectivity index (χ3v) is 4.55. The van der Waals surface area contributed by atoms with Crippen molar-refractivity contribution in [1.29, 1.82) is 0 Å². The van der Waals surface area contributed by atoms with Gasteiger partial charge in [0.15, 0.2) is 0 Å². The summed E-state index contributed by atoms with van der Waals surface area (Å²) < 4.78 is 0. The molecule has 1 aromatic rings. The second-order valence-electron chi connectivity index (χ2n) is 6.17. The average molecular weight is 288 g/mol. The van der Waals surface area contributed by atoms with Gasteiger partial charge in [0.25, 0.3) is 5.91 Å². The lowest BCUT2D eigenvalue weighted by Crippen LogP contribution is -2.47. The van der Waals surface area contributed by atoms with Gasteiger partial charge in [-0.2, -0.15) is 0 Å². The van der Waals surface area contributed by atoms with Crippen molar-refractivity contribution in [2.24, 2.45) is 5.92 Å². The number of carbonyl (C=O) groups is 2. The molecule has 0 bridgehead atoms. The SMILES string of the molecule is CC1CCC(C(=O)O)CN1C(=O)c1ccc(C2CC2)cn1. The Morgan fingerprint density at radius 1 is 1.24 bits per heavy atom. The minimum Gasteiger partial charge on any atom is -0.481 e. The molecule has 5 heteroatoms. The molecule has 1 aliphatic carbocycles. The molecule has 2 atom stereocenters. The Balaban J connectivity index is 1.74. The van der Waals surface area contributed by atoms with Gasteiger partial charge in [-0.15, -0.1) is 0 Å². The van der Waals surface area contributed by atoms with E-state index in [0.29, 0.717) is 18.0 Å². The first kappa shape index (κ1) is 14.0. The lowest BCUT2D eigenvalue weighted by atomic mass is 9.93. The first-order chi connectivity index (χ1) is 10.1. The van der Waals surface area contributed by atoms with E-state index >= 15 is 0 Å². The van der Waals surface area contributed by atoms with E-state index in [1.807, 2.05) is 13.0 Å². The van der Waals surface area contributed by atoms with Crippen LogP contribution < -0.4 is 0 Å². The third-order valence-electron chi connectivity index (χ3n) is 4.55. The molecule has 2 heterocycles. The van der Waals surface area contributed by atoms with Crippen molar-refractivity contribution >= 4 is 11.9 Å². The summed E-state index contributed by atoms with van der Waals surface area (Å²) in [5, 5.41) is 9.15. The van der Waals surface area contributed by atoms with E-state index in [2.05, 4.69) is 4.98 Å². The van der Waals surface area contributed by atoms with Gasteiger partial charge in [0, 0.05) is 18.8 Å². The molecule has 1 amide bonds. The molecule has 0 aromatic carbocycles. The van der Waals surface area contributed by atoms with Crippen molar-refractivity contribution in [2.45, 2.75) is 44.6 Å². The number of carbonyl (C=O) groups excluding carboxylic acids is 1. The zero-order valence-corrected chi connectivity index (χ0v) is 12.2. The number of nitrogens with zero attached hydrogens (tertiary/aromatic N) is 2. The van der Waals surface area contributed by atoms with Gasteiger partial charge in [0.2, 0.25) is 0 Å². The van der Waals surface area contributed by atoms with Crippen LogP contribution in [0.1, 0.15) is 54.6 Å². The minimum absolute atomic E-state index is 0.0676. The highest BCUT2D eigenvalue weighted by molar-refractivity contribution is 5.93. The molecular weight excluding hydrogens is 268 g/mol. The molecule has 2 fully saturated rings. The normalized spacial score (nSPS) is 25.7. The molecule has 1 saturated carbocycles. The fourth-order valence-electron chi connectivity index (χ4n) is 2.93. The van der Waals surface area contributed by atoms with Crippen molar-refractivity contribution in [3.05, 3.63) is 29.6 Å². The van der Waals surface area contributed by atoms with Crippen LogP contribution in [-0.2, 0) is 4.79 Å². The van der Waals surface area contributed by atoms with E-state index in [1.165, 1.54) is 18.4 Å². The zero-order chi connectivity index (χ0) is 15.0. The molecule has 1 aliphatic heterocycles. The number of pyridine rings is 1. The summed E-state index contributed by atoms with van der Waals surface area (Å²) >= 11 is 0. The van der Waals surface area contributed by atoms with E-state index in [1.54, 1.807) is 17.2 Å².